The molecule has 0 saturated heterocycles. The van der Waals surface area contributed by atoms with Crippen molar-refractivity contribution in [3.63, 3.8) is 0 Å². The average molecular weight is 269 g/mol. The number of aromatic nitrogens is 2. The molecule has 0 bridgehead atoms. The van der Waals surface area contributed by atoms with Crippen LogP contribution >= 0.6 is 0 Å². The van der Waals surface area contributed by atoms with Crippen molar-refractivity contribution in [2.24, 2.45) is 5.73 Å². The lowest BCUT2D eigenvalue weighted by molar-refractivity contribution is -0.137. The Balaban J connectivity index is 2.40. The number of imidazole rings is 1. The molecular weight excluding hydrogens is 255 g/mol. The van der Waals surface area contributed by atoms with E-state index < -0.39 is 17.3 Å². The number of hydrogen-bond donors (Lipinski definition) is 2. The highest BCUT2D eigenvalue weighted by molar-refractivity contribution is 5.59. The first-order chi connectivity index (χ1) is 8.68. The number of benzene rings is 1. The molecule has 0 fully saturated rings. The molecule has 1 aromatic heterocycles. The first-order valence-corrected chi connectivity index (χ1v) is 5.70. The molecule has 2 rings (SSSR count). The molecule has 1 aromatic carbocycles. The predicted molar refractivity (Wildman–Crippen MR) is 66.2 cm³/mol. The quantitative estimate of drug-likeness (QED) is 0.879. The minimum Gasteiger partial charge on any atom is -0.340 e. The van der Waals surface area contributed by atoms with Gasteiger partial charge in [0.05, 0.1) is 23.0 Å². The number of aromatic amines is 1. The van der Waals surface area contributed by atoms with Crippen molar-refractivity contribution in [2.45, 2.75) is 25.6 Å². The smallest absolute Gasteiger partial charge is 0.340 e. The van der Waals surface area contributed by atoms with Crippen molar-refractivity contribution in [3.8, 4) is 11.3 Å². The van der Waals surface area contributed by atoms with Crippen molar-refractivity contribution in [3.05, 3.63) is 41.9 Å². The van der Waals surface area contributed by atoms with E-state index in [-0.39, 0.29) is 0 Å². The van der Waals surface area contributed by atoms with E-state index in [4.69, 9.17) is 5.73 Å². The van der Waals surface area contributed by atoms with E-state index in [1.54, 1.807) is 19.9 Å². The van der Waals surface area contributed by atoms with Crippen molar-refractivity contribution < 1.29 is 13.2 Å². The van der Waals surface area contributed by atoms with Crippen molar-refractivity contribution in [1.29, 1.82) is 0 Å². The second-order valence-electron chi connectivity index (χ2n) is 4.95. The van der Waals surface area contributed by atoms with Crippen LogP contribution in [0.3, 0.4) is 0 Å². The lowest BCUT2D eigenvalue weighted by Gasteiger charge is -2.14. The maximum Gasteiger partial charge on any atom is 0.416 e. The molecule has 0 aliphatic carbocycles. The third kappa shape index (κ3) is 2.96. The minimum atomic E-state index is -4.36. The summed E-state index contributed by atoms with van der Waals surface area (Å²) in [4.78, 5) is 7.04. The van der Waals surface area contributed by atoms with Crippen LogP contribution < -0.4 is 5.73 Å². The number of halogens is 3. The molecule has 0 unspecified atom stereocenters. The second-order valence-corrected chi connectivity index (χ2v) is 4.95. The van der Waals surface area contributed by atoms with Crippen molar-refractivity contribution >= 4 is 0 Å². The van der Waals surface area contributed by atoms with Crippen LogP contribution in [-0.4, -0.2) is 9.97 Å². The molecule has 0 saturated carbocycles. The molecular formula is C13H14F3N3. The number of nitrogens with zero attached hydrogens (tertiary/aromatic N) is 1. The molecule has 0 amide bonds. The van der Waals surface area contributed by atoms with Gasteiger partial charge in [0.2, 0.25) is 0 Å². The standard InChI is InChI=1S/C13H14F3N3/c1-12(2,17)11-18-7-10(19-11)8-4-3-5-9(6-8)13(14,15)16/h3-7H,17H2,1-2H3,(H,18,19). The number of H-pyrrole nitrogens is 1. The SMILES string of the molecule is CC(C)(N)c1ncc(-c2cccc(C(F)(F)F)c2)[nH]1. The van der Waals surface area contributed by atoms with E-state index in [2.05, 4.69) is 9.97 Å². The molecule has 102 valence electrons. The Morgan fingerprint density at radius 1 is 1.21 bits per heavy atom. The number of rotatable bonds is 2. The van der Waals surface area contributed by atoms with Gasteiger partial charge >= 0.3 is 6.18 Å². The van der Waals surface area contributed by atoms with E-state index >= 15 is 0 Å². The molecule has 0 spiro atoms. The zero-order chi connectivity index (χ0) is 14.3. The molecule has 0 radical (unpaired) electrons. The van der Waals surface area contributed by atoms with Gasteiger partial charge in [-0.2, -0.15) is 13.2 Å². The van der Waals surface area contributed by atoms with Gasteiger partial charge in [0.1, 0.15) is 5.82 Å². The fraction of sp³-hybridized carbons (Fsp3) is 0.308. The van der Waals surface area contributed by atoms with Crippen molar-refractivity contribution in [1.82, 2.24) is 9.97 Å². The van der Waals surface area contributed by atoms with E-state index in [0.29, 0.717) is 17.1 Å². The van der Waals surface area contributed by atoms with E-state index in [9.17, 15) is 13.2 Å². The van der Waals surface area contributed by atoms with E-state index in [0.717, 1.165) is 12.1 Å². The lowest BCUT2D eigenvalue weighted by atomic mass is 10.1. The van der Waals surface area contributed by atoms with Crippen LogP contribution in [0.5, 0.6) is 0 Å². The highest BCUT2D eigenvalue weighted by Gasteiger charge is 2.30. The third-order valence-electron chi connectivity index (χ3n) is 2.69. The molecule has 19 heavy (non-hydrogen) atoms. The van der Waals surface area contributed by atoms with Crippen LogP contribution in [0.1, 0.15) is 25.2 Å². The summed E-state index contributed by atoms with van der Waals surface area (Å²) >= 11 is 0. The summed E-state index contributed by atoms with van der Waals surface area (Å²) in [5, 5.41) is 0. The van der Waals surface area contributed by atoms with Crippen LogP contribution in [0, 0.1) is 0 Å². The van der Waals surface area contributed by atoms with Crippen LogP contribution in [0.25, 0.3) is 11.3 Å². The highest BCUT2D eigenvalue weighted by Crippen LogP contribution is 2.32. The van der Waals surface area contributed by atoms with Crippen LogP contribution in [0.2, 0.25) is 0 Å². The zero-order valence-corrected chi connectivity index (χ0v) is 10.5. The fourth-order valence-electron chi connectivity index (χ4n) is 1.66. The van der Waals surface area contributed by atoms with Gasteiger partial charge in [0.25, 0.3) is 0 Å². The topological polar surface area (TPSA) is 54.7 Å². The molecule has 0 aliphatic rings. The molecule has 2 aromatic rings. The van der Waals surface area contributed by atoms with Gasteiger partial charge < -0.3 is 10.7 Å². The summed E-state index contributed by atoms with van der Waals surface area (Å²) in [6.45, 7) is 3.53. The number of hydrogen-bond acceptors (Lipinski definition) is 2. The minimum absolute atomic E-state index is 0.429. The summed E-state index contributed by atoms with van der Waals surface area (Å²) in [7, 11) is 0. The summed E-state index contributed by atoms with van der Waals surface area (Å²) in [6, 6.07) is 5.08. The Kier molecular flexibility index (Phi) is 3.14. The maximum atomic E-state index is 12.6. The van der Waals surface area contributed by atoms with Crippen LogP contribution in [0.15, 0.2) is 30.5 Å². The Bertz CT molecular complexity index is 579. The first kappa shape index (κ1) is 13.6. The molecule has 0 aliphatic heterocycles. The summed E-state index contributed by atoms with van der Waals surface area (Å²) in [5.41, 5.74) is 5.46. The Labute approximate surface area is 108 Å². The number of alkyl halides is 3. The Hall–Kier alpha value is -1.82. The average Bonchev–Trinajstić information content (AvgIpc) is 2.77. The van der Waals surface area contributed by atoms with Crippen LogP contribution in [0.4, 0.5) is 13.2 Å². The van der Waals surface area contributed by atoms with Crippen molar-refractivity contribution in [2.75, 3.05) is 0 Å². The zero-order valence-electron chi connectivity index (χ0n) is 10.5. The fourth-order valence-corrected chi connectivity index (χ4v) is 1.66. The maximum absolute atomic E-state index is 12.6. The normalized spacial score (nSPS) is 12.7. The van der Waals surface area contributed by atoms with Gasteiger partial charge in [-0.1, -0.05) is 12.1 Å². The predicted octanol–water partition coefficient (Wildman–Crippen LogP) is 3.29. The molecule has 3 N–H and O–H groups in total. The molecule has 1 heterocycles. The molecule has 0 atom stereocenters. The van der Waals surface area contributed by atoms with Gasteiger partial charge in [-0.15, -0.1) is 0 Å². The van der Waals surface area contributed by atoms with Gasteiger partial charge in [-0.25, -0.2) is 4.98 Å². The second kappa shape index (κ2) is 4.38. The lowest BCUT2D eigenvalue weighted by Crippen LogP contribution is -2.30. The van der Waals surface area contributed by atoms with Gasteiger partial charge in [-0.05, 0) is 26.0 Å². The van der Waals surface area contributed by atoms with Crippen LogP contribution in [-0.2, 0) is 11.7 Å². The largest absolute Gasteiger partial charge is 0.416 e. The Morgan fingerprint density at radius 2 is 1.89 bits per heavy atom. The molecule has 6 heteroatoms. The number of nitrogens with two attached hydrogens (primary N) is 1. The van der Waals surface area contributed by atoms with Gasteiger partial charge in [0, 0.05) is 5.56 Å². The number of nitrogens with one attached hydrogen (secondary N) is 1. The highest BCUT2D eigenvalue weighted by atomic mass is 19.4. The molecule has 3 nitrogen and oxygen atoms in total. The first-order valence-electron chi connectivity index (χ1n) is 5.70. The van der Waals surface area contributed by atoms with E-state index in [1.165, 1.54) is 12.3 Å². The Morgan fingerprint density at radius 3 is 2.42 bits per heavy atom. The monoisotopic (exact) mass is 269 g/mol. The summed E-state index contributed by atoms with van der Waals surface area (Å²) in [5.74, 6) is 0.528. The van der Waals surface area contributed by atoms with E-state index in [1.807, 2.05) is 0 Å². The summed E-state index contributed by atoms with van der Waals surface area (Å²) < 4.78 is 37.9. The third-order valence-corrected chi connectivity index (χ3v) is 2.69. The van der Waals surface area contributed by atoms with Gasteiger partial charge in [0.15, 0.2) is 0 Å². The summed E-state index contributed by atoms with van der Waals surface area (Å²) in [6.07, 6.45) is -2.87. The van der Waals surface area contributed by atoms with Gasteiger partial charge in [-0.3, -0.25) is 0 Å².